The Hall–Kier alpha value is -0.780. The van der Waals surface area contributed by atoms with Gasteiger partial charge in [-0.3, -0.25) is 0 Å². The summed E-state index contributed by atoms with van der Waals surface area (Å²) in [5.41, 5.74) is 2.40. The second kappa shape index (κ2) is 1.38. The second-order valence-electron chi connectivity index (χ2n) is 2.92. The standard InChI is InChI=1S/C9H10/c1-6-3-4-8-5-9(8)7(6)2/h3-4,8-9H,1-2,5H2. The van der Waals surface area contributed by atoms with Gasteiger partial charge in [-0.15, -0.1) is 0 Å². The highest BCUT2D eigenvalue weighted by Crippen LogP contribution is 2.49. The first-order chi connectivity index (χ1) is 4.29. The minimum absolute atomic E-state index is 0.766. The molecule has 0 bridgehead atoms. The Morgan fingerprint density at radius 2 is 2.22 bits per heavy atom. The lowest BCUT2D eigenvalue weighted by atomic mass is 9.98. The molecule has 0 aromatic carbocycles. The normalized spacial score (nSPS) is 38.7. The third kappa shape index (κ3) is 0.593. The lowest BCUT2D eigenvalue weighted by molar-refractivity contribution is 0.923. The third-order valence-corrected chi connectivity index (χ3v) is 2.24. The largest absolute Gasteiger partial charge is 0.0950 e. The summed E-state index contributed by atoms with van der Waals surface area (Å²) in [5.74, 6) is 1.59. The maximum absolute atomic E-state index is 3.97. The molecule has 0 radical (unpaired) electrons. The summed E-state index contributed by atoms with van der Waals surface area (Å²) in [5, 5.41) is 0. The van der Waals surface area contributed by atoms with E-state index < -0.39 is 0 Å². The fraction of sp³-hybridized carbons (Fsp3) is 0.333. The van der Waals surface area contributed by atoms with Gasteiger partial charge < -0.3 is 0 Å². The van der Waals surface area contributed by atoms with Gasteiger partial charge in [-0.25, -0.2) is 0 Å². The van der Waals surface area contributed by atoms with Crippen LogP contribution in [0.1, 0.15) is 6.42 Å². The molecule has 2 aliphatic carbocycles. The molecule has 0 aromatic heterocycles. The average Bonchev–Trinajstić information content (AvgIpc) is 2.58. The van der Waals surface area contributed by atoms with Crippen LogP contribution in [0.2, 0.25) is 0 Å². The monoisotopic (exact) mass is 118 g/mol. The highest BCUT2D eigenvalue weighted by Gasteiger charge is 2.39. The molecule has 0 heteroatoms. The van der Waals surface area contributed by atoms with E-state index in [1.165, 1.54) is 12.0 Å². The van der Waals surface area contributed by atoms with E-state index in [2.05, 4.69) is 25.3 Å². The summed E-state index contributed by atoms with van der Waals surface area (Å²) in [7, 11) is 0. The molecule has 1 fully saturated rings. The highest BCUT2D eigenvalue weighted by molar-refractivity contribution is 5.45. The van der Waals surface area contributed by atoms with Crippen molar-refractivity contribution >= 4 is 0 Å². The van der Waals surface area contributed by atoms with Crippen molar-refractivity contribution in [1.29, 1.82) is 0 Å². The first-order valence-corrected chi connectivity index (χ1v) is 3.35. The molecule has 0 amide bonds. The lowest BCUT2D eigenvalue weighted by Crippen LogP contribution is -1.92. The Kier molecular flexibility index (Phi) is 0.774. The second-order valence-corrected chi connectivity index (χ2v) is 2.92. The molecular formula is C9H10. The van der Waals surface area contributed by atoms with Crippen LogP contribution in [-0.4, -0.2) is 0 Å². The summed E-state index contributed by atoms with van der Waals surface area (Å²) < 4.78 is 0. The zero-order valence-electron chi connectivity index (χ0n) is 5.43. The number of hydrogen-bond acceptors (Lipinski definition) is 0. The summed E-state index contributed by atoms with van der Waals surface area (Å²) >= 11 is 0. The van der Waals surface area contributed by atoms with Crippen molar-refractivity contribution < 1.29 is 0 Å². The van der Waals surface area contributed by atoms with Crippen LogP contribution in [0, 0.1) is 11.8 Å². The third-order valence-electron chi connectivity index (χ3n) is 2.24. The Bertz CT molecular complexity index is 208. The summed E-state index contributed by atoms with van der Waals surface area (Å²) in [6, 6.07) is 0. The highest BCUT2D eigenvalue weighted by atomic mass is 14.4. The van der Waals surface area contributed by atoms with Gasteiger partial charge in [-0.2, -0.15) is 0 Å². The van der Waals surface area contributed by atoms with Crippen molar-refractivity contribution in [3.8, 4) is 0 Å². The van der Waals surface area contributed by atoms with Crippen molar-refractivity contribution in [3.05, 3.63) is 36.5 Å². The number of allylic oxidation sites excluding steroid dienone is 4. The van der Waals surface area contributed by atoms with Crippen molar-refractivity contribution in [2.75, 3.05) is 0 Å². The maximum atomic E-state index is 3.97. The van der Waals surface area contributed by atoms with Gasteiger partial charge in [-0.1, -0.05) is 25.3 Å². The molecule has 2 unspecified atom stereocenters. The maximum Gasteiger partial charge on any atom is -0.00930 e. The van der Waals surface area contributed by atoms with E-state index in [1.54, 1.807) is 0 Å². The van der Waals surface area contributed by atoms with Gasteiger partial charge >= 0.3 is 0 Å². The van der Waals surface area contributed by atoms with E-state index in [4.69, 9.17) is 0 Å². The Balaban J connectivity index is 2.36. The predicted octanol–water partition coefficient (Wildman–Crippen LogP) is 2.30. The van der Waals surface area contributed by atoms with Gasteiger partial charge in [0.2, 0.25) is 0 Å². The van der Waals surface area contributed by atoms with Gasteiger partial charge in [0.25, 0.3) is 0 Å². The van der Waals surface area contributed by atoms with E-state index in [0.29, 0.717) is 0 Å². The van der Waals surface area contributed by atoms with Crippen LogP contribution in [0.4, 0.5) is 0 Å². The van der Waals surface area contributed by atoms with Crippen LogP contribution in [0.5, 0.6) is 0 Å². The molecule has 2 atom stereocenters. The lowest BCUT2D eigenvalue weighted by Gasteiger charge is -2.07. The topological polar surface area (TPSA) is 0 Å². The van der Waals surface area contributed by atoms with Crippen LogP contribution in [0.3, 0.4) is 0 Å². The van der Waals surface area contributed by atoms with Gasteiger partial charge in [0.1, 0.15) is 0 Å². The molecule has 46 valence electrons. The van der Waals surface area contributed by atoms with E-state index in [-0.39, 0.29) is 0 Å². The molecule has 0 aromatic rings. The van der Waals surface area contributed by atoms with Crippen LogP contribution in [0.25, 0.3) is 0 Å². The van der Waals surface area contributed by atoms with Gasteiger partial charge in [-0.05, 0) is 29.4 Å². The Morgan fingerprint density at radius 3 is 2.89 bits per heavy atom. The smallest absolute Gasteiger partial charge is 0.00930 e. The van der Waals surface area contributed by atoms with Crippen LogP contribution in [0.15, 0.2) is 36.5 Å². The van der Waals surface area contributed by atoms with Crippen molar-refractivity contribution in [2.45, 2.75) is 6.42 Å². The Morgan fingerprint density at radius 1 is 1.44 bits per heavy atom. The van der Waals surface area contributed by atoms with Crippen molar-refractivity contribution in [2.24, 2.45) is 11.8 Å². The Labute approximate surface area is 55.6 Å². The van der Waals surface area contributed by atoms with Gasteiger partial charge in [0, 0.05) is 0 Å². The molecule has 0 spiro atoms. The molecule has 9 heavy (non-hydrogen) atoms. The molecule has 0 heterocycles. The number of rotatable bonds is 0. The molecule has 0 aliphatic heterocycles. The first kappa shape index (κ1) is 5.04. The zero-order valence-corrected chi connectivity index (χ0v) is 5.43. The predicted molar refractivity (Wildman–Crippen MR) is 39.0 cm³/mol. The van der Waals surface area contributed by atoms with Gasteiger partial charge in [0.15, 0.2) is 0 Å². The van der Waals surface area contributed by atoms with E-state index >= 15 is 0 Å². The zero-order chi connectivity index (χ0) is 6.43. The molecule has 2 rings (SSSR count). The van der Waals surface area contributed by atoms with Gasteiger partial charge in [0.05, 0.1) is 0 Å². The summed E-state index contributed by atoms with van der Waals surface area (Å²) in [6.07, 6.45) is 5.66. The first-order valence-electron chi connectivity index (χ1n) is 3.35. The summed E-state index contributed by atoms with van der Waals surface area (Å²) in [6.45, 7) is 7.85. The molecular weight excluding hydrogens is 108 g/mol. The molecule has 1 saturated carbocycles. The summed E-state index contributed by atoms with van der Waals surface area (Å²) in [4.78, 5) is 0. The van der Waals surface area contributed by atoms with Crippen LogP contribution >= 0.6 is 0 Å². The van der Waals surface area contributed by atoms with Crippen LogP contribution in [-0.2, 0) is 0 Å². The SMILES string of the molecule is C=C1C=CC2CC2C1=C. The van der Waals surface area contributed by atoms with Crippen LogP contribution < -0.4 is 0 Å². The molecule has 0 saturated heterocycles. The molecule has 0 nitrogen and oxygen atoms in total. The molecule has 0 N–H and O–H groups in total. The molecule has 2 aliphatic rings. The minimum Gasteiger partial charge on any atom is -0.0950 e. The number of hydrogen-bond donors (Lipinski definition) is 0. The average molecular weight is 118 g/mol. The minimum atomic E-state index is 0.766. The van der Waals surface area contributed by atoms with Crippen molar-refractivity contribution in [1.82, 2.24) is 0 Å². The quantitative estimate of drug-likeness (QED) is 0.458. The van der Waals surface area contributed by atoms with Crippen molar-refractivity contribution in [3.63, 3.8) is 0 Å². The fourth-order valence-electron chi connectivity index (χ4n) is 1.41. The number of fused-ring (bicyclic) bond motifs is 1. The van der Waals surface area contributed by atoms with E-state index in [9.17, 15) is 0 Å². The fourth-order valence-corrected chi connectivity index (χ4v) is 1.41. The van der Waals surface area contributed by atoms with E-state index in [1.807, 2.05) is 0 Å². The van der Waals surface area contributed by atoms with E-state index in [0.717, 1.165) is 17.4 Å².